The van der Waals surface area contributed by atoms with E-state index in [2.05, 4.69) is 33.6 Å². The van der Waals surface area contributed by atoms with E-state index in [0.717, 1.165) is 18.7 Å². The molecular formula is C14H14ClN5. The molecule has 0 fully saturated rings. The Morgan fingerprint density at radius 1 is 1.30 bits per heavy atom. The summed E-state index contributed by atoms with van der Waals surface area (Å²) in [5.74, 6) is 1.07. The third-order valence-electron chi connectivity index (χ3n) is 2.55. The molecule has 2 N–H and O–H groups in total. The Hall–Kier alpha value is -2.32. The number of hydrogen-bond donors (Lipinski definition) is 2. The van der Waals surface area contributed by atoms with Crippen LogP contribution in [0.5, 0.6) is 0 Å². The van der Waals surface area contributed by atoms with Crippen molar-refractivity contribution in [1.82, 2.24) is 9.97 Å². The van der Waals surface area contributed by atoms with E-state index < -0.39 is 0 Å². The molecule has 1 heterocycles. The molecule has 0 amide bonds. The Morgan fingerprint density at radius 3 is 2.70 bits per heavy atom. The fourth-order valence-corrected chi connectivity index (χ4v) is 1.68. The van der Waals surface area contributed by atoms with Crippen molar-refractivity contribution in [1.29, 1.82) is 5.26 Å². The Balaban J connectivity index is 2.16. The quantitative estimate of drug-likeness (QED) is 0.879. The normalized spacial score (nSPS) is 9.85. The largest absolute Gasteiger partial charge is 0.354 e. The van der Waals surface area contributed by atoms with E-state index >= 15 is 0 Å². The van der Waals surface area contributed by atoms with Gasteiger partial charge in [-0.3, -0.25) is 0 Å². The number of anilines is 3. The minimum absolute atomic E-state index is 0.441. The van der Waals surface area contributed by atoms with E-state index in [1.54, 1.807) is 30.5 Å². The first-order valence-corrected chi connectivity index (χ1v) is 6.64. The second-order valence-corrected chi connectivity index (χ2v) is 4.54. The monoisotopic (exact) mass is 287 g/mol. The SMILES string of the molecule is CCCNc1ncc(Cl)c(Nc2ccc(C#N)cc2)n1. The van der Waals surface area contributed by atoms with Gasteiger partial charge in [0.25, 0.3) is 0 Å². The van der Waals surface area contributed by atoms with Gasteiger partial charge in [-0.1, -0.05) is 18.5 Å². The standard InChI is InChI=1S/C14H14ClN5/c1-2-7-17-14-18-9-12(15)13(20-14)19-11-5-3-10(8-16)4-6-11/h3-6,9H,2,7H2,1H3,(H2,17,18,19,20). The zero-order valence-corrected chi connectivity index (χ0v) is 11.8. The summed E-state index contributed by atoms with van der Waals surface area (Å²) >= 11 is 6.07. The maximum absolute atomic E-state index is 8.76. The zero-order chi connectivity index (χ0) is 14.4. The van der Waals surface area contributed by atoms with Gasteiger partial charge in [0.05, 0.1) is 17.8 Å². The van der Waals surface area contributed by atoms with Crippen LogP contribution >= 0.6 is 11.6 Å². The van der Waals surface area contributed by atoms with Crippen LogP contribution in [0.25, 0.3) is 0 Å². The van der Waals surface area contributed by atoms with Gasteiger partial charge in [0, 0.05) is 12.2 Å². The summed E-state index contributed by atoms with van der Waals surface area (Å²) in [6.45, 7) is 2.87. The molecule has 6 heteroatoms. The number of nitriles is 1. The van der Waals surface area contributed by atoms with E-state index in [9.17, 15) is 0 Å². The molecule has 1 aromatic carbocycles. The molecule has 2 rings (SSSR count). The summed E-state index contributed by atoms with van der Waals surface area (Å²) < 4.78 is 0. The fourth-order valence-electron chi connectivity index (χ4n) is 1.54. The van der Waals surface area contributed by atoms with Crippen molar-refractivity contribution in [2.24, 2.45) is 0 Å². The molecule has 0 atom stereocenters. The number of halogens is 1. The van der Waals surface area contributed by atoms with Gasteiger partial charge in [-0.05, 0) is 30.7 Å². The molecule has 0 aliphatic carbocycles. The smallest absolute Gasteiger partial charge is 0.224 e. The summed E-state index contributed by atoms with van der Waals surface area (Å²) in [7, 11) is 0. The molecule has 0 unspecified atom stereocenters. The first kappa shape index (κ1) is 14.1. The average Bonchev–Trinajstić information content (AvgIpc) is 2.49. The molecule has 2 aromatic rings. The lowest BCUT2D eigenvalue weighted by Crippen LogP contribution is -2.06. The van der Waals surface area contributed by atoms with Gasteiger partial charge in [0.15, 0.2) is 5.82 Å². The van der Waals surface area contributed by atoms with Crippen LogP contribution in [-0.4, -0.2) is 16.5 Å². The number of nitrogens with zero attached hydrogens (tertiary/aromatic N) is 3. The van der Waals surface area contributed by atoms with Gasteiger partial charge in [-0.2, -0.15) is 10.2 Å². The molecule has 102 valence electrons. The Morgan fingerprint density at radius 2 is 2.05 bits per heavy atom. The summed E-state index contributed by atoms with van der Waals surface area (Å²) in [6, 6.07) is 9.14. The molecule has 0 aliphatic rings. The predicted molar refractivity (Wildman–Crippen MR) is 80.3 cm³/mol. The van der Waals surface area contributed by atoms with Crippen LogP contribution in [0.4, 0.5) is 17.5 Å². The van der Waals surface area contributed by atoms with Crippen molar-refractivity contribution < 1.29 is 0 Å². The molecule has 0 radical (unpaired) electrons. The first-order chi connectivity index (χ1) is 9.72. The Kier molecular flexibility index (Phi) is 4.75. The molecule has 0 bridgehead atoms. The van der Waals surface area contributed by atoms with Crippen molar-refractivity contribution in [2.75, 3.05) is 17.2 Å². The summed E-state index contributed by atoms with van der Waals surface area (Å²) in [6.07, 6.45) is 2.54. The fraction of sp³-hybridized carbons (Fsp3) is 0.214. The van der Waals surface area contributed by atoms with Crippen LogP contribution in [0, 0.1) is 11.3 Å². The minimum atomic E-state index is 0.441. The second-order valence-electron chi connectivity index (χ2n) is 4.13. The highest BCUT2D eigenvalue weighted by Gasteiger charge is 2.05. The lowest BCUT2D eigenvalue weighted by atomic mass is 10.2. The molecule has 1 aromatic heterocycles. The van der Waals surface area contributed by atoms with Crippen molar-refractivity contribution in [3.63, 3.8) is 0 Å². The van der Waals surface area contributed by atoms with Gasteiger partial charge in [0.2, 0.25) is 5.95 Å². The van der Waals surface area contributed by atoms with Crippen molar-refractivity contribution in [3.05, 3.63) is 41.0 Å². The predicted octanol–water partition coefficient (Wildman–Crippen LogP) is 3.57. The van der Waals surface area contributed by atoms with Crippen LogP contribution in [0.3, 0.4) is 0 Å². The van der Waals surface area contributed by atoms with E-state index in [1.807, 2.05) is 0 Å². The zero-order valence-electron chi connectivity index (χ0n) is 11.0. The van der Waals surface area contributed by atoms with Gasteiger partial charge in [-0.15, -0.1) is 0 Å². The van der Waals surface area contributed by atoms with E-state index in [4.69, 9.17) is 16.9 Å². The van der Waals surface area contributed by atoms with E-state index in [1.165, 1.54) is 0 Å². The highest BCUT2D eigenvalue weighted by molar-refractivity contribution is 6.32. The van der Waals surface area contributed by atoms with Crippen LogP contribution in [0.2, 0.25) is 5.02 Å². The topological polar surface area (TPSA) is 73.6 Å². The van der Waals surface area contributed by atoms with E-state index in [-0.39, 0.29) is 0 Å². The first-order valence-electron chi connectivity index (χ1n) is 6.26. The van der Waals surface area contributed by atoms with Gasteiger partial charge < -0.3 is 10.6 Å². The summed E-state index contributed by atoms with van der Waals surface area (Å²) in [5, 5.41) is 15.4. The number of aromatic nitrogens is 2. The minimum Gasteiger partial charge on any atom is -0.354 e. The van der Waals surface area contributed by atoms with Gasteiger partial charge in [-0.25, -0.2) is 4.98 Å². The Labute approximate surface area is 122 Å². The average molecular weight is 288 g/mol. The summed E-state index contributed by atoms with van der Waals surface area (Å²) in [4.78, 5) is 8.43. The lowest BCUT2D eigenvalue weighted by Gasteiger charge is -2.09. The number of hydrogen-bond acceptors (Lipinski definition) is 5. The van der Waals surface area contributed by atoms with Crippen LogP contribution in [0.15, 0.2) is 30.5 Å². The highest BCUT2D eigenvalue weighted by atomic mass is 35.5. The molecule has 0 saturated heterocycles. The molecule has 20 heavy (non-hydrogen) atoms. The molecule has 0 spiro atoms. The number of rotatable bonds is 5. The lowest BCUT2D eigenvalue weighted by molar-refractivity contribution is 0.953. The second kappa shape index (κ2) is 6.73. The highest BCUT2D eigenvalue weighted by Crippen LogP contribution is 2.23. The third kappa shape index (κ3) is 3.59. The van der Waals surface area contributed by atoms with Gasteiger partial charge in [0.1, 0.15) is 5.02 Å². The maximum atomic E-state index is 8.76. The van der Waals surface area contributed by atoms with Gasteiger partial charge >= 0.3 is 0 Å². The number of nitrogens with one attached hydrogen (secondary N) is 2. The van der Waals surface area contributed by atoms with Crippen molar-refractivity contribution in [3.8, 4) is 6.07 Å². The summed E-state index contributed by atoms with van der Waals surface area (Å²) in [5.41, 5.74) is 1.42. The van der Waals surface area contributed by atoms with Crippen LogP contribution in [0.1, 0.15) is 18.9 Å². The van der Waals surface area contributed by atoms with E-state index in [0.29, 0.717) is 22.4 Å². The third-order valence-corrected chi connectivity index (χ3v) is 2.83. The maximum Gasteiger partial charge on any atom is 0.224 e. The molecule has 5 nitrogen and oxygen atoms in total. The Bertz CT molecular complexity index is 618. The van der Waals surface area contributed by atoms with Crippen molar-refractivity contribution in [2.45, 2.75) is 13.3 Å². The van der Waals surface area contributed by atoms with Crippen LogP contribution in [-0.2, 0) is 0 Å². The molecule has 0 aliphatic heterocycles. The van der Waals surface area contributed by atoms with Crippen LogP contribution < -0.4 is 10.6 Å². The number of benzene rings is 1. The molecular weight excluding hydrogens is 274 g/mol. The molecule has 0 saturated carbocycles. The van der Waals surface area contributed by atoms with Crippen molar-refractivity contribution >= 4 is 29.1 Å².